The minimum absolute atomic E-state index is 0.144. The maximum absolute atomic E-state index is 12.1. The van der Waals surface area contributed by atoms with Crippen molar-refractivity contribution < 1.29 is 4.79 Å². The normalized spacial score (nSPS) is 29.5. The fourth-order valence-electron chi connectivity index (χ4n) is 2.78. The number of piperidine rings is 2. The lowest BCUT2D eigenvalue weighted by atomic mass is 9.80. The molecule has 0 unspecified atom stereocenters. The predicted octanol–water partition coefficient (Wildman–Crippen LogP) is 2.16. The summed E-state index contributed by atoms with van der Waals surface area (Å²) in [4.78, 5) is 18.3. The molecule has 3 aliphatic rings. The third-order valence-electron chi connectivity index (χ3n) is 3.62. The fraction of sp³-hybridized carbons (Fsp3) is 0.636. The van der Waals surface area contributed by atoms with E-state index in [4.69, 9.17) is 0 Å². The highest BCUT2D eigenvalue weighted by Crippen LogP contribution is 2.35. The number of amides is 1. The van der Waals surface area contributed by atoms with Crippen LogP contribution in [0.25, 0.3) is 0 Å². The predicted molar refractivity (Wildman–Crippen MR) is 58.9 cm³/mol. The summed E-state index contributed by atoms with van der Waals surface area (Å²) < 4.78 is 0. The minimum Gasteiger partial charge on any atom is -0.334 e. The molecular weight excluding hydrogens is 208 g/mol. The summed E-state index contributed by atoms with van der Waals surface area (Å²) in [6.07, 6.45) is 5.01. The lowest BCUT2D eigenvalue weighted by molar-refractivity contribution is 0.0329. The van der Waals surface area contributed by atoms with Gasteiger partial charge in [-0.05, 0) is 31.6 Å². The smallest absolute Gasteiger partial charge is 0.273 e. The average molecular weight is 222 g/mol. The Hall–Kier alpha value is -0.900. The van der Waals surface area contributed by atoms with Crippen molar-refractivity contribution in [3.05, 3.63) is 16.6 Å². The molecule has 3 nitrogen and oxygen atoms in total. The van der Waals surface area contributed by atoms with Gasteiger partial charge in [0.2, 0.25) is 0 Å². The third kappa shape index (κ3) is 1.57. The van der Waals surface area contributed by atoms with Gasteiger partial charge >= 0.3 is 0 Å². The van der Waals surface area contributed by atoms with Crippen LogP contribution in [0.15, 0.2) is 10.9 Å². The van der Waals surface area contributed by atoms with E-state index < -0.39 is 0 Å². The Morgan fingerprint density at radius 1 is 1.40 bits per heavy atom. The first-order valence-electron chi connectivity index (χ1n) is 5.54. The van der Waals surface area contributed by atoms with Gasteiger partial charge in [0, 0.05) is 18.0 Å². The third-order valence-corrected chi connectivity index (χ3v) is 4.21. The van der Waals surface area contributed by atoms with Gasteiger partial charge < -0.3 is 4.90 Å². The Labute approximate surface area is 93.1 Å². The Kier molecular flexibility index (Phi) is 2.24. The highest BCUT2D eigenvalue weighted by molar-refractivity contribution is 7.07. The molecule has 15 heavy (non-hydrogen) atoms. The summed E-state index contributed by atoms with van der Waals surface area (Å²) in [5, 5.41) is 1.85. The van der Waals surface area contributed by atoms with Crippen LogP contribution >= 0.6 is 11.3 Å². The van der Waals surface area contributed by atoms with Crippen molar-refractivity contribution in [2.24, 2.45) is 5.92 Å². The quantitative estimate of drug-likeness (QED) is 0.729. The van der Waals surface area contributed by atoms with Gasteiger partial charge in [-0.15, -0.1) is 11.3 Å². The zero-order valence-corrected chi connectivity index (χ0v) is 9.37. The standard InChI is InChI=1S/C11H14N2OS/c14-11(10-6-15-7-12-10)13-5-8-1-3-9(13)4-2-8/h6-9H,1-5H2. The molecular formula is C11H14N2OS. The van der Waals surface area contributed by atoms with Crippen LogP contribution in [-0.4, -0.2) is 28.4 Å². The second-order valence-electron chi connectivity index (χ2n) is 4.51. The fourth-order valence-corrected chi connectivity index (χ4v) is 3.31. The minimum atomic E-state index is 0.144. The van der Waals surface area contributed by atoms with E-state index in [0.717, 1.165) is 12.5 Å². The molecule has 1 aromatic rings. The van der Waals surface area contributed by atoms with E-state index in [2.05, 4.69) is 4.98 Å². The van der Waals surface area contributed by atoms with E-state index in [0.29, 0.717) is 11.7 Å². The van der Waals surface area contributed by atoms with Gasteiger partial charge in [-0.1, -0.05) is 0 Å². The van der Waals surface area contributed by atoms with Gasteiger partial charge in [-0.25, -0.2) is 4.98 Å². The summed E-state index contributed by atoms with van der Waals surface area (Å²) in [5.74, 6) is 0.892. The van der Waals surface area contributed by atoms with Gasteiger partial charge in [0.15, 0.2) is 0 Å². The van der Waals surface area contributed by atoms with Crippen LogP contribution < -0.4 is 0 Å². The maximum Gasteiger partial charge on any atom is 0.273 e. The molecule has 1 amide bonds. The van der Waals surface area contributed by atoms with Crippen LogP contribution in [0.5, 0.6) is 0 Å². The van der Waals surface area contributed by atoms with E-state index in [1.54, 1.807) is 5.51 Å². The highest BCUT2D eigenvalue weighted by Gasteiger charge is 2.36. The van der Waals surface area contributed by atoms with Crippen LogP contribution in [0, 0.1) is 5.92 Å². The van der Waals surface area contributed by atoms with Gasteiger partial charge in [-0.2, -0.15) is 0 Å². The summed E-state index contributed by atoms with van der Waals surface area (Å²) >= 11 is 1.49. The number of nitrogens with zero attached hydrogens (tertiary/aromatic N) is 2. The SMILES string of the molecule is O=C(c1cscn1)N1CC2CCC1CC2. The lowest BCUT2D eigenvalue weighted by Crippen LogP contribution is -2.50. The van der Waals surface area contributed by atoms with E-state index in [1.165, 1.54) is 37.0 Å². The molecule has 0 aromatic carbocycles. The molecule has 3 fully saturated rings. The molecule has 0 N–H and O–H groups in total. The maximum atomic E-state index is 12.1. The topological polar surface area (TPSA) is 33.2 Å². The lowest BCUT2D eigenvalue weighted by Gasteiger charge is -2.45. The van der Waals surface area contributed by atoms with Crippen molar-refractivity contribution in [2.75, 3.05) is 6.54 Å². The Balaban J connectivity index is 1.80. The van der Waals surface area contributed by atoms with E-state index in [1.807, 2.05) is 10.3 Å². The van der Waals surface area contributed by atoms with Crippen LogP contribution in [0.4, 0.5) is 0 Å². The largest absolute Gasteiger partial charge is 0.334 e. The van der Waals surface area contributed by atoms with Gasteiger partial charge in [0.05, 0.1) is 5.51 Å². The summed E-state index contributed by atoms with van der Waals surface area (Å²) in [6, 6.07) is 0.490. The summed E-state index contributed by atoms with van der Waals surface area (Å²) in [6.45, 7) is 0.959. The van der Waals surface area contributed by atoms with Crippen LogP contribution in [-0.2, 0) is 0 Å². The van der Waals surface area contributed by atoms with Gasteiger partial charge in [0.1, 0.15) is 5.69 Å². The van der Waals surface area contributed by atoms with Crippen LogP contribution in [0.3, 0.4) is 0 Å². The van der Waals surface area contributed by atoms with Crippen LogP contribution in [0.2, 0.25) is 0 Å². The molecule has 1 saturated carbocycles. The van der Waals surface area contributed by atoms with E-state index in [9.17, 15) is 4.79 Å². The molecule has 2 saturated heterocycles. The number of carbonyl (C=O) groups is 1. The number of rotatable bonds is 1. The van der Waals surface area contributed by atoms with Crippen LogP contribution in [0.1, 0.15) is 36.2 Å². The number of thiazole rings is 1. The molecule has 1 aliphatic carbocycles. The number of fused-ring (bicyclic) bond motifs is 3. The van der Waals surface area contributed by atoms with E-state index in [-0.39, 0.29) is 5.91 Å². The Morgan fingerprint density at radius 2 is 2.20 bits per heavy atom. The molecule has 4 heteroatoms. The van der Waals surface area contributed by atoms with Crippen molar-refractivity contribution in [1.29, 1.82) is 0 Å². The summed E-state index contributed by atoms with van der Waals surface area (Å²) in [7, 11) is 0. The summed E-state index contributed by atoms with van der Waals surface area (Å²) in [5.41, 5.74) is 2.36. The van der Waals surface area contributed by atoms with Crippen molar-refractivity contribution >= 4 is 17.2 Å². The Bertz CT molecular complexity index is 355. The average Bonchev–Trinajstić information content (AvgIpc) is 2.83. The molecule has 0 atom stereocenters. The first-order valence-corrected chi connectivity index (χ1v) is 6.48. The number of hydrogen-bond acceptors (Lipinski definition) is 3. The molecule has 2 aliphatic heterocycles. The zero-order chi connectivity index (χ0) is 10.3. The monoisotopic (exact) mass is 222 g/mol. The molecule has 0 spiro atoms. The molecule has 4 rings (SSSR count). The number of aromatic nitrogens is 1. The molecule has 3 heterocycles. The second-order valence-corrected chi connectivity index (χ2v) is 5.22. The van der Waals surface area contributed by atoms with Crippen molar-refractivity contribution in [2.45, 2.75) is 31.7 Å². The molecule has 2 bridgehead atoms. The number of carbonyl (C=O) groups excluding carboxylic acids is 1. The van der Waals surface area contributed by atoms with Crippen molar-refractivity contribution in [3.63, 3.8) is 0 Å². The highest BCUT2D eigenvalue weighted by atomic mass is 32.1. The first-order chi connectivity index (χ1) is 7.34. The molecule has 1 aromatic heterocycles. The number of hydrogen-bond donors (Lipinski definition) is 0. The second kappa shape index (κ2) is 3.59. The van der Waals surface area contributed by atoms with Crippen molar-refractivity contribution in [1.82, 2.24) is 9.88 Å². The van der Waals surface area contributed by atoms with Gasteiger partial charge in [-0.3, -0.25) is 4.79 Å². The Morgan fingerprint density at radius 3 is 2.73 bits per heavy atom. The zero-order valence-electron chi connectivity index (χ0n) is 8.56. The van der Waals surface area contributed by atoms with E-state index >= 15 is 0 Å². The molecule has 0 radical (unpaired) electrons. The van der Waals surface area contributed by atoms with Gasteiger partial charge in [0.25, 0.3) is 5.91 Å². The van der Waals surface area contributed by atoms with Crippen molar-refractivity contribution in [3.8, 4) is 0 Å². The first kappa shape index (κ1) is 9.33. The molecule has 80 valence electrons.